The number of nitrogens with one attached hydrogen (secondary N) is 1. The van der Waals surface area contributed by atoms with Gasteiger partial charge in [-0.25, -0.2) is 13.1 Å². The summed E-state index contributed by atoms with van der Waals surface area (Å²) in [6.07, 6.45) is 1.83. The van der Waals surface area contributed by atoms with E-state index in [-0.39, 0.29) is 4.90 Å². The Morgan fingerprint density at radius 1 is 1.05 bits per heavy atom. The number of unbranched alkanes of at least 4 members (excludes halogenated alkanes) is 1. The van der Waals surface area contributed by atoms with Crippen LogP contribution in [0.25, 0.3) is 0 Å². The van der Waals surface area contributed by atoms with Crippen molar-refractivity contribution in [2.45, 2.75) is 38.5 Å². The van der Waals surface area contributed by atoms with Gasteiger partial charge in [-0.15, -0.1) is 0 Å². The Kier molecular flexibility index (Phi) is 8.45. The van der Waals surface area contributed by atoms with Crippen molar-refractivity contribution in [3.8, 4) is 5.75 Å². The van der Waals surface area contributed by atoms with Crippen molar-refractivity contribution in [2.75, 3.05) is 32.8 Å². The van der Waals surface area contributed by atoms with E-state index in [1.54, 1.807) is 24.3 Å². The molecule has 1 aromatic carbocycles. The number of benzene rings is 1. The Morgan fingerprint density at radius 2 is 1.68 bits per heavy atom. The molecule has 0 spiro atoms. The van der Waals surface area contributed by atoms with Crippen LogP contribution in [0, 0.1) is 0 Å². The normalized spacial score (nSPS) is 11.8. The van der Waals surface area contributed by atoms with Gasteiger partial charge in [0.2, 0.25) is 10.0 Å². The van der Waals surface area contributed by atoms with Gasteiger partial charge in [0.05, 0.1) is 11.5 Å². The maximum Gasteiger partial charge on any atom is 0.240 e. The van der Waals surface area contributed by atoms with E-state index in [0.717, 1.165) is 32.5 Å². The molecule has 0 fully saturated rings. The second-order valence-corrected chi connectivity index (χ2v) is 6.80. The SMILES string of the molecule is CCOc1ccc(S(=O)(=O)NCCCCN(CC)CC)cc1. The number of rotatable bonds is 11. The third-order valence-corrected chi connectivity index (χ3v) is 5.01. The van der Waals surface area contributed by atoms with Gasteiger partial charge in [-0.3, -0.25) is 0 Å². The molecule has 0 atom stereocenters. The van der Waals surface area contributed by atoms with Gasteiger partial charge in [-0.1, -0.05) is 13.8 Å². The summed E-state index contributed by atoms with van der Waals surface area (Å²) < 4.78 is 32.3. The van der Waals surface area contributed by atoms with Gasteiger partial charge in [0.1, 0.15) is 5.75 Å². The third kappa shape index (κ3) is 6.34. The lowest BCUT2D eigenvalue weighted by Crippen LogP contribution is -2.27. The van der Waals surface area contributed by atoms with Gasteiger partial charge in [0, 0.05) is 6.54 Å². The maximum atomic E-state index is 12.1. The molecule has 0 bridgehead atoms. The molecule has 1 rings (SSSR count). The van der Waals surface area contributed by atoms with Gasteiger partial charge in [0.15, 0.2) is 0 Å². The number of hydrogen-bond donors (Lipinski definition) is 1. The summed E-state index contributed by atoms with van der Waals surface area (Å²) in [4.78, 5) is 2.61. The average Bonchev–Trinajstić information content (AvgIpc) is 2.52. The molecule has 0 aliphatic heterocycles. The lowest BCUT2D eigenvalue weighted by Gasteiger charge is -2.17. The summed E-state index contributed by atoms with van der Waals surface area (Å²) in [5.74, 6) is 0.681. The molecule has 0 saturated carbocycles. The average molecular weight is 328 g/mol. The minimum absolute atomic E-state index is 0.277. The molecule has 0 amide bonds. The van der Waals surface area contributed by atoms with Crippen LogP contribution < -0.4 is 9.46 Å². The van der Waals surface area contributed by atoms with E-state index >= 15 is 0 Å². The molecule has 1 N–H and O–H groups in total. The van der Waals surface area contributed by atoms with Crippen molar-refractivity contribution in [2.24, 2.45) is 0 Å². The lowest BCUT2D eigenvalue weighted by molar-refractivity contribution is 0.297. The van der Waals surface area contributed by atoms with E-state index in [2.05, 4.69) is 23.5 Å². The molecule has 126 valence electrons. The zero-order valence-electron chi connectivity index (χ0n) is 13.8. The van der Waals surface area contributed by atoms with Crippen LogP contribution in [0.15, 0.2) is 29.2 Å². The van der Waals surface area contributed by atoms with Crippen LogP contribution in [0.2, 0.25) is 0 Å². The van der Waals surface area contributed by atoms with Crippen LogP contribution in [-0.4, -0.2) is 46.1 Å². The van der Waals surface area contributed by atoms with E-state index in [1.165, 1.54) is 0 Å². The van der Waals surface area contributed by atoms with Crippen LogP contribution in [-0.2, 0) is 10.0 Å². The van der Waals surface area contributed by atoms with Gasteiger partial charge in [0.25, 0.3) is 0 Å². The second-order valence-electron chi connectivity index (χ2n) is 5.04. The Bertz CT molecular complexity index is 511. The third-order valence-electron chi connectivity index (χ3n) is 3.53. The van der Waals surface area contributed by atoms with Crippen molar-refractivity contribution < 1.29 is 13.2 Å². The minimum atomic E-state index is -3.42. The molecule has 0 aromatic heterocycles. The van der Waals surface area contributed by atoms with E-state index < -0.39 is 10.0 Å². The first-order chi connectivity index (χ1) is 10.5. The van der Waals surface area contributed by atoms with Crippen molar-refractivity contribution in [1.29, 1.82) is 0 Å². The smallest absolute Gasteiger partial charge is 0.240 e. The van der Waals surface area contributed by atoms with Crippen LogP contribution in [0.5, 0.6) is 5.75 Å². The summed E-state index contributed by atoms with van der Waals surface area (Å²) in [7, 11) is -3.42. The first kappa shape index (κ1) is 18.9. The van der Waals surface area contributed by atoms with Gasteiger partial charge >= 0.3 is 0 Å². The zero-order chi connectivity index (χ0) is 16.4. The first-order valence-electron chi connectivity index (χ1n) is 7.98. The molecule has 0 saturated heterocycles. The van der Waals surface area contributed by atoms with Crippen molar-refractivity contribution in [1.82, 2.24) is 9.62 Å². The number of ether oxygens (including phenoxy) is 1. The van der Waals surface area contributed by atoms with Crippen LogP contribution in [0.4, 0.5) is 0 Å². The van der Waals surface area contributed by atoms with Gasteiger partial charge in [-0.05, 0) is 63.7 Å². The molecule has 5 nitrogen and oxygen atoms in total. The predicted octanol–water partition coefficient (Wildman–Crippen LogP) is 2.49. The topological polar surface area (TPSA) is 58.6 Å². The molecule has 22 heavy (non-hydrogen) atoms. The van der Waals surface area contributed by atoms with Crippen molar-refractivity contribution in [3.05, 3.63) is 24.3 Å². The Labute approximate surface area is 134 Å². The van der Waals surface area contributed by atoms with E-state index in [4.69, 9.17) is 4.74 Å². The molecular formula is C16H28N2O3S. The largest absolute Gasteiger partial charge is 0.494 e. The van der Waals surface area contributed by atoms with E-state index in [1.807, 2.05) is 6.92 Å². The highest BCUT2D eigenvalue weighted by Crippen LogP contribution is 2.15. The minimum Gasteiger partial charge on any atom is -0.494 e. The lowest BCUT2D eigenvalue weighted by atomic mass is 10.3. The van der Waals surface area contributed by atoms with E-state index in [9.17, 15) is 8.42 Å². The fourth-order valence-corrected chi connectivity index (χ4v) is 3.25. The molecule has 0 aliphatic carbocycles. The number of hydrogen-bond acceptors (Lipinski definition) is 4. The monoisotopic (exact) mass is 328 g/mol. The quantitative estimate of drug-likeness (QED) is 0.634. The summed E-state index contributed by atoms with van der Waals surface area (Å²) in [5, 5.41) is 0. The summed E-state index contributed by atoms with van der Waals surface area (Å²) >= 11 is 0. The van der Waals surface area contributed by atoms with Gasteiger partial charge < -0.3 is 9.64 Å². The number of nitrogens with zero attached hydrogens (tertiary/aromatic N) is 1. The highest BCUT2D eigenvalue weighted by Gasteiger charge is 2.13. The number of sulfonamides is 1. The highest BCUT2D eigenvalue weighted by molar-refractivity contribution is 7.89. The standard InChI is InChI=1S/C16H28N2O3S/c1-4-18(5-2)14-8-7-13-17-22(19,20)16-11-9-15(10-12-16)21-6-3/h9-12,17H,4-8,13-14H2,1-3H3. The van der Waals surface area contributed by atoms with Crippen LogP contribution in [0.3, 0.4) is 0 Å². The Morgan fingerprint density at radius 3 is 2.23 bits per heavy atom. The molecule has 0 heterocycles. The summed E-state index contributed by atoms with van der Waals surface area (Å²) in [6, 6.07) is 6.50. The van der Waals surface area contributed by atoms with E-state index in [0.29, 0.717) is 18.9 Å². The summed E-state index contributed by atoms with van der Waals surface area (Å²) in [5.41, 5.74) is 0. The predicted molar refractivity (Wildman–Crippen MR) is 89.8 cm³/mol. The highest BCUT2D eigenvalue weighted by atomic mass is 32.2. The summed E-state index contributed by atoms with van der Waals surface area (Å²) in [6.45, 7) is 10.3. The fourth-order valence-electron chi connectivity index (χ4n) is 2.17. The van der Waals surface area contributed by atoms with Crippen molar-refractivity contribution in [3.63, 3.8) is 0 Å². The Hall–Kier alpha value is -1.11. The molecule has 0 aliphatic rings. The van der Waals surface area contributed by atoms with Crippen LogP contribution >= 0.6 is 0 Å². The zero-order valence-corrected chi connectivity index (χ0v) is 14.7. The fraction of sp³-hybridized carbons (Fsp3) is 0.625. The van der Waals surface area contributed by atoms with Crippen molar-refractivity contribution >= 4 is 10.0 Å². The molecule has 1 aromatic rings. The van der Waals surface area contributed by atoms with Crippen LogP contribution in [0.1, 0.15) is 33.6 Å². The maximum absolute atomic E-state index is 12.1. The Balaban J connectivity index is 2.40. The molecule has 0 unspecified atom stereocenters. The first-order valence-corrected chi connectivity index (χ1v) is 9.46. The molecule has 0 radical (unpaired) electrons. The molecule has 6 heteroatoms. The second kappa shape index (κ2) is 9.82. The molecular weight excluding hydrogens is 300 g/mol. The van der Waals surface area contributed by atoms with Gasteiger partial charge in [-0.2, -0.15) is 0 Å².